The Morgan fingerprint density at radius 2 is 2.05 bits per heavy atom. The van der Waals surface area contributed by atoms with Crippen molar-refractivity contribution in [1.29, 1.82) is 0 Å². The van der Waals surface area contributed by atoms with Crippen LogP contribution in [0.25, 0.3) is 6.08 Å². The van der Waals surface area contributed by atoms with Crippen molar-refractivity contribution in [2.24, 2.45) is 0 Å². The maximum absolute atomic E-state index is 12.5. The fraction of sp³-hybridized carbons (Fsp3) is 0.400. The third kappa shape index (κ3) is 4.15. The number of nitrogens with zero attached hydrogens (tertiary/aromatic N) is 1. The molecule has 0 saturated carbocycles. The van der Waals surface area contributed by atoms with Crippen LogP contribution in [0.5, 0.6) is 0 Å². The van der Waals surface area contributed by atoms with Gasteiger partial charge in [0.25, 0.3) is 0 Å². The molecule has 0 aromatic heterocycles. The van der Waals surface area contributed by atoms with E-state index in [1.807, 2.05) is 13.8 Å². The SMILES string of the molecule is CCC(C)N(C)S(=O)(=O)c1ccc(C=CC(=O)O)c(C)c1. The highest BCUT2D eigenvalue weighted by atomic mass is 32.2. The molecular weight excluding hydrogens is 290 g/mol. The van der Waals surface area contributed by atoms with Crippen LogP contribution in [-0.4, -0.2) is 36.9 Å². The molecule has 0 aliphatic rings. The van der Waals surface area contributed by atoms with Crippen LogP contribution in [0.4, 0.5) is 0 Å². The molecule has 21 heavy (non-hydrogen) atoms. The number of benzene rings is 1. The number of hydrogen-bond acceptors (Lipinski definition) is 3. The predicted octanol–water partition coefficient (Wildman–Crippen LogP) is 2.51. The first-order chi connectivity index (χ1) is 9.70. The monoisotopic (exact) mass is 311 g/mol. The predicted molar refractivity (Wildman–Crippen MR) is 82.6 cm³/mol. The van der Waals surface area contributed by atoms with Gasteiger partial charge in [0.2, 0.25) is 10.0 Å². The minimum absolute atomic E-state index is 0.0816. The van der Waals surface area contributed by atoms with Gasteiger partial charge in [0.05, 0.1) is 4.90 Å². The largest absolute Gasteiger partial charge is 0.478 e. The first-order valence-corrected chi connectivity index (χ1v) is 8.13. The molecule has 1 aromatic rings. The molecule has 0 spiro atoms. The molecule has 0 amide bonds. The minimum atomic E-state index is -3.53. The van der Waals surface area contributed by atoms with E-state index in [0.717, 1.165) is 12.5 Å². The topological polar surface area (TPSA) is 74.7 Å². The molecule has 1 atom stereocenters. The molecule has 0 radical (unpaired) electrons. The quantitative estimate of drug-likeness (QED) is 0.819. The van der Waals surface area contributed by atoms with E-state index in [9.17, 15) is 13.2 Å². The van der Waals surface area contributed by atoms with Crippen LogP contribution >= 0.6 is 0 Å². The molecule has 0 aliphatic heterocycles. The van der Waals surface area contributed by atoms with Crippen molar-refractivity contribution in [3.05, 3.63) is 35.4 Å². The van der Waals surface area contributed by atoms with Gasteiger partial charge in [-0.25, -0.2) is 13.2 Å². The van der Waals surface area contributed by atoms with Gasteiger partial charge in [0, 0.05) is 19.2 Å². The Balaban J connectivity index is 3.17. The molecule has 6 heteroatoms. The summed E-state index contributed by atoms with van der Waals surface area (Å²) in [7, 11) is -1.96. The average molecular weight is 311 g/mol. The van der Waals surface area contributed by atoms with Crippen LogP contribution in [0.3, 0.4) is 0 Å². The molecule has 0 heterocycles. The zero-order valence-corrected chi connectivity index (χ0v) is 13.5. The molecule has 0 aliphatic carbocycles. The number of carboxylic acid groups (broad SMARTS) is 1. The lowest BCUT2D eigenvalue weighted by atomic mass is 10.1. The standard InChI is InChI=1S/C15H21NO4S/c1-5-12(3)16(4)21(19,20)14-8-6-13(11(2)10-14)7-9-15(17)18/h6-10,12H,5H2,1-4H3,(H,17,18). The highest BCUT2D eigenvalue weighted by Gasteiger charge is 2.24. The molecule has 1 N–H and O–H groups in total. The second-order valence-corrected chi connectivity index (χ2v) is 6.97. The highest BCUT2D eigenvalue weighted by molar-refractivity contribution is 7.89. The summed E-state index contributed by atoms with van der Waals surface area (Å²) < 4.78 is 26.3. The number of sulfonamides is 1. The van der Waals surface area contributed by atoms with E-state index < -0.39 is 16.0 Å². The van der Waals surface area contributed by atoms with E-state index in [-0.39, 0.29) is 10.9 Å². The lowest BCUT2D eigenvalue weighted by molar-refractivity contribution is -0.131. The van der Waals surface area contributed by atoms with Crippen LogP contribution in [0.2, 0.25) is 0 Å². The molecule has 1 rings (SSSR count). The molecular formula is C15H21NO4S. The number of rotatable bonds is 6. The van der Waals surface area contributed by atoms with Gasteiger partial charge in [-0.1, -0.05) is 13.0 Å². The average Bonchev–Trinajstić information content (AvgIpc) is 2.43. The smallest absolute Gasteiger partial charge is 0.328 e. The van der Waals surface area contributed by atoms with E-state index in [1.54, 1.807) is 26.1 Å². The van der Waals surface area contributed by atoms with E-state index in [1.165, 1.54) is 16.4 Å². The third-order valence-corrected chi connectivity index (χ3v) is 5.50. The van der Waals surface area contributed by atoms with E-state index in [4.69, 9.17) is 5.11 Å². The van der Waals surface area contributed by atoms with Gasteiger partial charge in [-0.3, -0.25) is 0 Å². The van der Waals surface area contributed by atoms with Gasteiger partial charge in [-0.15, -0.1) is 0 Å². The zero-order valence-electron chi connectivity index (χ0n) is 12.7. The molecule has 0 saturated heterocycles. The lowest BCUT2D eigenvalue weighted by Crippen LogP contribution is -2.34. The molecule has 0 bridgehead atoms. The fourth-order valence-electron chi connectivity index (χ4n) is 1.82. The molecule has 1 unspecified atom stereocenters. The Bertz CT molecular complexity index is 650. The first kappa shape index (κ1) is 17.4. The van der Waals surface area contributed by atoms with Crippen LogP contribution in [0, 0.1) is 6.92 Å². The van der Waals surface area contributed by atoms with E-state index >= 15 is 0 Å². The lowest BCUT2D eigenvalue weighted by Gasteiger charge is -2.23. The van der Waals surface area contributed by atoms with E-state index in [0.29, 0.717) is 11.1 Å². The van der Waals surface area contributed by atoms with Crippen LogP contribution in [-0.2, 0) is 14.8 Å². The summed E-state index contributed by atoms with van der Waals surface area (Å²) in [5.41, 5.74) is 1.40. The molecule has 116 valence electrons. The Kier molecular flexibility index (Phi) is 5.69. The van der Waals surface area contributed by atoms with Crippen molar-refractivity contribution in [1.82, 2.24) is 4.31 Å². The molecule has 1 aromatic carbocycles. The van der Waals surface area contributed by atoms with Crippen molar-refractivity contribution < 1.29 is 18.3 Å². The van der Waals surface area contributed by atoms with Crippen LogP contribution in [0.15, 0.2) is 29.2 Å². The summed E-state index contributed by atoms with van der Waals surface area (Å²) in [6, 6.07) is 4.60. The van der Waals surface area contributed by atoms with Gasteiger partial charge < -0.3 is 5.11 Å². The fourth-order valence-corrected chi connectivity index (χ4v) is 3.34. The summed E-state index contributed by atoms with van der Waals surface area (Å²) in [4.78, 5) is 10.7. The second kappa shape index (κ2) is 6.87. The van der Waals surface area contributed by atoms with E-state index in [2.05, 4.69) is 0 Å². The Labute approximate surface area is 126 Å². The normalized spacial score (nSPS) is 13.8. The van der Waals surface area contributed by atoms with Gasteiger partial charge in [-0.2, -0.15) is 4.31 Å². The molecule has 0 fully saturated rings. The Hall–Kier alpha value is -1.66. The Morgan fingerprint density at radius 3 is 2.52 bits per heavy atom. The van der Waals surface area contributed by atoms with Crippen molar-refractivity contribution in [3.63, 3.8) is 0 Å². The van der Waals surface area contributed by atoms with Crippen molar-refractivity contribution >= 4 is 22.1 Å². The Morgan fingerprint density at radius 1 is 1.43 bits per heavy atom. The first-order valence-electron chi connectivity index (χ1n) is 6.69. The van der Waals surface area contributed by atoms with Crippen LogP contribution in [0.1, 0.15) is 31.4 Å². The van der Waals surface area contributed by atoms with Gasteiger partial charge in [0.1, 0.15) is 0 Å². The highest BCUT2D eigenvalue weighted by Crippen LogP contribution is 2.21. The van der Waals surface area contributed by atoms with Crippen molar-refractivity contribution in [2.75, 3.05) is 7.05 Å². The number of aliphatic carboxylic acids is 1. The van der Waals surface area contributed by atoms with Crippen LogP contribution < -0.4 is 0 Å². The third-order valence-electron chi connectivity index (χ3n) is 3.54. The number of carboxylic acids is 1. The summed E-state index contributed by atoms with van der Waals surface area (Å²) >= 11 is 0. The summed E-state index contributed by atoms with van der Waals surface area (Å²) in [6.07, 6.45) is 3.21. The van der Waals surface area contributed by atoms with Crippen molar-refractivity contribution in [2.45, 2.75) is 38.1 Å². The molecule has 5 nitrogen and oxygen atoms in total. The summed E-state index contributed by atoms with van der Waals surface area (Å²) in [5.74, 6) is -1.04. The maximum atomic E-state index is 12.5. The summed E-state index contributed by atoms with van der Waals surface area (Å²) in [5, 5.41) is 8.62. The number of hydrogen-bond donors (Lipinski definition) is 1. The number of carbonyl (C=O) groups is 1. The van der Waals surface area contributed by atoms with Gasteiger partial charge in [0.15, 0.2) is 0 Å². The second-order valence-electron chi connectivity index (χ2n) is 4.97. The maximum Gasteiger partial charge on any atom is 0.328 e. The van der Waals surface area contributed by atoms with Gasteiger partial charge in [-0.05, 0) is 49.6 Å². The van der Waals surface area contributed by atoms with Gasteiger partial charge >= 0.3 is 5.97 Å². The van der Waals surface area contributed by atoms with Crippen molar-refractivity contribution in [3.8, 4) is 0 Å². The minimum Gasteiger partial charge on any atom is -0.478 e. The summed E-state index contributed by atoms with van der Waals surface area (Å²) in [6.45, 7) is 5.54. The number of aryl methyl sites for hydroxylation is 1. The zero-order chi connectivity index (χ0) is 16.2.